The highest BCUT2D eigenvalue weighted by Crippen LogP contribution is 2.42. The second-order valence-electron chi connectivity index (χ2n) is 4.39. The summed E-state index contributed by atoms with van der Waals surface area (Å²) in [6.07, 6.45) is 0. The van der Waals surface area contributed by atoms with Crippen molar-refractivity contribution in [2.45, 2.75) is 12.2 Å². The molecule has 1 aliphatic rings. The third-order valence-corrected chi connectivity index (χ3v) is 4.60. The number of amides is 1. The lowest BCUT2D eigenvalue weighted by atomic mass is 10.0. The highest BCUT2D eigenvalue weighted by atomic mass is 35.5. The number of aryl methyl sites for hydroxylation is 1. The Kier molecular flexibility index (Phi) is 3.24. The molecule has 2 heterocycles. The van der Waals surface area contributed by atoms with E-state index in [1.54, 1.807) is 11.8 Å². The van der Waals surface area contributed by atoms with Crippen molar-refractivity contribution in [2.75, 3.05) is 11.1 Å². The van der Waals surface area contributed by atoms with Crippen molar-refractivity contribution in [3.05, 3.63) is 46.1 Å². The molecule has 3 rings (SSSR count). The molecule has 1 amide bonds. The highest BCUT2D eigenvalue weighted by molar-refractivity contribution is 8.00. The number of aromatic amines is 1. The van der Waals surface area contributed by atoms with Crippen molar-refractivity contribution in [2.24, 2.45) is 0 Å². The number of benzene rings is 1. The van der Waals surface area contributed by atoms with Crippen LogP contribution in [-0.2, 0) is 4.79 Å². The second kappa shape index (κ2) is 4.90. The van der Waals surface area contributed by atoms with E-state index in [0.717, 1.165) is 16.8 Å². The molecule has 0 saturated carbocycles. The molecule has 1 atom stereocenters. The van der Waals surface area contributed by atoms with Crippen molar-refractivity contribution < 1.29 is 4.79 Å². The smallest absolute Gasteiger partial charge is 0.235 e. The minimum absolute atomic E-state index is 0.00800. The van der Waals surface area contributed by atoms with Crippen LogP contribution in [0.25, 0.3) is 0 Å². The average molecular weight is 294 g/mol. The number of nitrogens with one attached hydrogen (secondary N) is 2. The third kappa shape index (κ3) is 2.35. The van der Waals surface area contributed by atoms with Crippen LogP contribution in [0.15, 0.2) is 24.3 Å². The van der Waals surface area contributed by atoms with Crippen LogP contribution in [0.3, 0.4) is 0 Å². The zero-order valence-electron chi connectivity index (χ0n) is 10.2. The Hall–Kier alpha value is -1.46. The van der Waals surface area contributed by atoms with Gasteiger partial charge in [-0.3, -0.25) is 9.89 Å². The van der Waals surface area contributed by atoms with E-state index < -0.39 is 0 Å². The van der Waals surface area contributed by atoms with Gasteiger partial charge in [0.25, 0.3) is 0 Å². The largest absolute Gasteiger partial charge is 0.310 e. The van der Waals surface area contributed by atoms with Gasteiger partial charge in [0.15, 0.2) is 0 Å². The van der Waals surface area contributed by atoms with E-state index in [4.69, 9.17) is 11.6 Å². The first kappa shape index (κ1) is 12.6. The molecule has 0 saturated heterocycles. The summed E-state index contributed by atoms with van der Waals surface area (Å²) in [5, 5.41) is 10.7. The molecule has 1 unspecified atom stereocenters. The molecule has 0 radical (unpaired) electrons. The average Bonchev–Trinajstić information content (AvgIpc) is 2.65. The number of nitrogens with zero attached hydrogens (tertiary/aromatic N) is 1. The number of halogens is 1. The van der Waals surface area contributed by atoms with E-state index >= 15 is 0 Å². The predicted molar refractivity (Wildman–Crippen MR) is 77.7 cm³/mol. The third-order valence-electron chi connectivity index (χ3n) is 3.07. The number of thioether (sulfide) groups is 1. The van der Waals surface area contributed by atoms with Gasteiger partial charge >= 0.3 is 0 Å². The van der Waals surface area contributed by atoms with Crippen molar-refractivity contribution in [3.63, 3.8) is 0 Å². The van der Waals surface area contributed by atoms with Gasteiger partial charge in [0, 0.05) is 10.6 Å². The summed E-state index contributed by atoms with van der Waals surface area (Å²) in [5.41, 5.74) is 3.07. The number of hydrogen-bond donors (Lipinski definition) is 2. The number of fused-ring (bicyclic) bond motifs is 1. The number of aromatic nitrogens is 2. The zero-order valence-corrected chi connectivity index (χ0v) is 11.8. The number of rotatable bonds is 1. The lowest BCUT2D eigenvalue weighted by molar-refractivity contribution is -0.113. The monoisotopic (exact) mass is 293 g/mol. The van der Waals surface area contributed by atoms with Gasteiger partial charge in [-0.05, 0) is 24.6 Å². The van der Waals surface area contributed by atoms with Crippen molar-refractivity contribution >= 4 is 35.1 Å². The SMILES string of the molecule is Cc1n[nH]c2c1C(c1ccc(Cl)cc1)SCC(=O)N2. The van der Waals surface area contributed by atoms with Crippen molar-refractivity contribution in [1.29, 1.82) is 0 Å². The summed E-state index contributed by atoms with van der Waals surface area (Å²) in [6, 6.07) is 7.72. The lowest BCUT2D eigenvalue weighted by Crippen LogP contribution is -2.12. The fourth-order valence-corrected chi connectivity index (χ4v) is 3.50. The molecule has 1 aliphatic heterocycles. The number of hydrogen-bond acceptors (Lipinski definition) is 3. The Morgan fingerprint density at radius 2 is 2.11 bits per heavy atom. The van der Waals surface area contributed by atoms with E-state index in [9.17, 15) is 4.79 Å². The molecular weight excluding hydrogens is 282 g/mol. The van der Waals surface area contributed by atoms with Gasteiger partial charge in [-0.1, -0.05) is 23.7 Å². The first-order valence-electron chi connectivity index (χ1n) is 5.87. The van der Waals surface area contributed by atoms with Crippen LogP contribution in [0.5, 0.6) is 0 Å². The Balaban J connectivity index is 2.08. The lowest BCUT2D eigenvalue weighted by Gasteiger charge is -2.14. The molecule has 0 bridgehead atoms. The van der Waals surface area contributed by atoms with E-state index in [1.807, 2.05) is 31.2 Å². The molecule has 0 aliphatic carbocycles. The van der Waals surface area contributed by atoms with E-state index in [2.05, 4.69) is 15.5 Å². The molecule has 0 spiro atoms. The summed E-state index contributed by atoms with van der Waals surface area (Å²) in [5.74, 6) is 1.12. The minimum atomic E-state index is -0.00800. The highest BCUT2D eigenvalue weighted by Gasteiger charge is 2.27. The molecule has 2 aromatic rings. The topological polar surface area (TPSA) is 57.8 Å². The van der Waals surface area contributed by atoms with Crippen LogP contribution in [-0.4, -0.2) is 21.9 Å². The Morgan fingerprint density at radius 3 is 2.84 bits per heavy atom. The first-order chi connectivity index (χ1) is 9.15. The summed E-state index contributed by atoms with van der Waals surface area (Å²) in [7, 11) is 0. The maximum atomic E-state index is 11.7. The van der Waals surface area contributed by atoms with Crippen LogP contribution >= 0.6 is 23.4 Å². The van der Waals surface area contributed by atoms with Gasteiger partial charge in [-0.2, -0.15) is 5.10 Å². The van der Waals surface area contributed by atoms with E-state index in [1.165, 1.54) is 0 Å². The Morgan fingerprint density at radius 1 is 1.37 bits per heavy atom. The molecule has 6 heteroatoms. The van der Waals surface area contributed by atoms with Gasteiger partial charge in [0.2, 0.25) is 5.91 Å². The van der Waals surface area contributed by atoms with Gasteiger partial charge in [0.1, 0.15) is 5.82 Å². The van der Waals surface area contributed by atoms with Crippen molar-refractivity contribution in [3.8, 4) is 0 Å². The minimum Gasteiger partial charge on any atom is -0.310 e. The summed E-state index contributed by atoms with van der Waals surface area (Å²) in [4.78, 5) is 11.7. The second-order valence-corrected chi connectivity index (χ2v) is 5.92. The molecule has 4 nitrogen and oxygen atoms in total. The van der Waals surface area contributed by atoms with Gasteiger partial charge in [-0.15, -0.1) is 11.8 Å². The molecule has 0 fully saturated rings. The van der Waals surface area contributed by atoms with Gasteiger partial charge in [0.05, 0.1) is 16.7 Å². The van der Waals surface area contributed by atoms with Crippen LogP contribution in [0.4, 0.5) is 5.82 Å². The molecule has 98 valence electrons. The Bertz CT molecular complexity index is 623. The number of anilines is 1. The normalized spacial score (nSPS) is 18.6. The quantitative estimate of drug-likeness (QED) is 0.849. The van der Waals surface area contributed by atoms with E-state index in [0.29, 0.717) is 16.6 Å². The Labute approximate surface area is 119 Å². The van der Waals surface area contributed by atoms with Crippen LogP contribution in [0.1, 0.15) is 22.1 Å². The first-order valence-corrected chi connectivity index (χ1v) is 7.29. The van der Waals surface area contributed by atoms with Gasteiger partial charge < -0.3 is 5.32 Å². The van der Waals surface area contributed by atoms with Crippen molar-refractivity contribution in [1.82, 2.24) is 10.2 Å². The fraction of sp³-hybridized carbons (Fsp3) is 0.231. The van der Waals surface area contributed by atoms with E-state index in [-0.39, 0.29) is 11.2 Å². The number of carbonyl (C=O) groups is 1. The van der Waals surface area contributed by atoms with Gasteiger partial charge in [-0.25, -0.2) is 0 Å². The molecule has 19 heavy (non-hydrogen) atoms. The maximum Gasteiger partial charge on any atom is 0.235 e. The molecular formula is C13H12ClN3OS. The number of carbonyl (C=O) groups excluding carboxylic acids is 1. The summed E-state index contributed by atoms with van der Waals surface area (Å²) in [6.45, 7) is 1.94. The number of H-pyrrole nitrogens is 1. The predicted octanol–water partition coefficient (Wildman–Crippen LogP) is 3.15. The fourth-order valence-electron chi connectivity index (χ4n) is 2.18. The molecule has 1 aromatic heterocycles. The van der Waals surface area contributed by atoms with Crippen LogP contribution < -0.4 is 5.32 Å². The molecule has 1 aromatic carbocycles. The zero-order chi connectivity index (χ0) is 13.4. The summed E-state index contributed by atoms with van der Waals surface area (Å²) < 4.78 is 0. The van der Waals surface area contributed by atoms with Crippen LogP contribution in [0.2, 0.25) is 5.02 Å². The molecule has 2 N–H and O–H groups in total. The maximum absolute atomic E-state index is 11.7. The standard InChI is InChI=1S/C13H12ClN3OS/c1-7-11-12(8-2-4-9(14)5-3-8)19-6-10(18)15-13(11)17-16-7/h2-5,12H,6H2,1H3,(H2,15,16,17,18). The van der Waals surface area contributed by atoms with Crippen LogP contribution in [0, 0.1) is 6.92 Å². The summed E-state index contributed by atoms with van der Waals surface area (Å²) >= 11 is 7.52.